The van der Waals surface area contributed by atoms with Crippen molar-refractivity contribution in [3.63, 3.8) is 0 Å². The van der Waals surface area contributed by atoms with Gasteiger partial charge in [-0.05, 0) is 25.1 Å². The normalized spacial score (nSPS) is 11.8. The van der Waals surface area contributed by atoms with Gasteiger partial charge in [0.15, 0.2) is 0 Å². The van der Waals surface area contributed by atoms with Crippen molar-refractivity contribution >= 4 is 17.5 Å². The number of hydrogen-bond acceptors (Lipinski definition) is 4. The van der Waals surface area contributed by atoms with Gasteiger partial charge in [0.2, 0.25) is 5.91 Å². The van der Waals surface area contributed by atoms with Gasteiger partial charge in [-0.1, -0.05) is 11.6 Å². The zero-order valence-electron chi connectivity index (χ0n) is 13.4. The summed E-state index contributed by atoms with van der Waals surface area (Å²) in [7, 11) is 3.20. The molecule has 1 heterocycles. The zero-order valence-corrected chi connectivity index (χ0v) is 14.1. The molecular formula is C16H20ClN3O3. The van der Waals surface area contributed by atoms with Crippen LogP contribution in [0.5, 0.6) is 11.5 Å². The highest BCUT2D eigenvalue weighted by Gasteiger charge is 2.15. The third kappa shape index (κ3) is 4.63. The summed E-state index contributed by atoms with van der Waals surface area (Å²) < 4.78 is 12.2. The molecule has 7 heteroatoms. The van der Waals surface area contributed by atoms with E-state index in [1.165, 1.54) is 0 Å². The molecule has 0 saturated heterocycles. The Labute approximate surface area is 140 Å². The summed E-state index contributed by atoms with van der Waals surface area (Å²) in [5.41, 5.74) is 0.863. The lowest BCUT2D eigenvalue weighted by Gasteiger charge is -2.18. The Hall–Kier alpha value is -2.21. The number of ether oxygens (including phenoxy) is 2. The third-order valence-corrected chi connectivity index (χ3v) is 3.65. The van der Waals surface area contributed by atoms with E-state index >= 15 is 0 Å². The van der Waals surface area contributed by atoms with Gasteiger partial charge in [-0.2, -0.15) is 5.10 Å². The topological polar surface area (TPSA) is 65.4 Å². The highest BCUT2D eigenvalue weighted by Crippen LogP contribution is 2.29. The standard InChI is InChI=1S/C16H20ClN3O3/c1-11(14-8-13(22-2)4-5-15(14)23-3)19-16(21)6-7-20-10-12(17)9-18-20/h4-5,8-11H,6-7H2,1-3H3,(H,19,21). The average molecular weight is 338 g/mol. The molecule has 23 heavy (non-hydrogen) atoms. The maximum absolute atomic E-state index is 12.1. The molecule has 6 nitrogen and oxygen atoms in total. The second-order valence-electron chi connectivity index (χ2n) is 5.07. The van der Waals surface area contributed by atoms with Crippen LogP contribution in [0.1, 0.15) is 24.9 Å². The number of nitrogens with one attached hydrogen (secondary N) is 1. The lowest BCUT2D eigenvalue weighted by molar-refractivity contribution is -0.122. The van der Waals surface area contributed by atoms with Crippen molar-refractivity contribution in [3.8, 4) is 11.5 Å². The SMILES string of the molecule is COc1ccc(OC)c(C(C)NC(=O)CCn2cc(Cl)cn2)c1. The fourth-order valence-electron chi connectivity index (χ4n) is 2.25. The summed E-state index contributed by atoms with van der Waals surface area (Å²) in [5.74, 6) is 1.35. The van der Waals surface area contributed by atoms with Crippen molar-refractivity contribution in [1.82, 2.24) is 15.1 Å². The largest absolute Gasteiger partial charge is 0.497 e. The Morgan fingerprint density at radius 1 is 1.39 bits per heavy atom. The van der Waals surface area contributed by atoms with Crippen molar-refractivity contribution in [1.29, 1.82) is 0 Å². The number of carbonyl (C=O) groups excluding carboxylic acids is 1. The first kappa shape index (κ1) is 17.1. The minimum absolute atomic E-state index is 0.0750. The number of benzene rings is 1. The highest BCUT2D eigenvalue weighted by molar-refractivity contribution is 6.30. The van der Waals surface area contributed by atoms with E-state index in [1.54, 1.807) is 31.3 Å². The highest BCUT2D eigenvalue weighted by atomic mass is 35.5. The van der Waals surface area contributed by atoms with Crippen LogP contribution < -0.4 is 14.8 Å². The summed E-state index contributed by atoms with van der Waals surface area (Å²) in [5, 5.41) is 7.55. The quantitative estimate of drug-likeness (QED) is 0.843. The van der Waals surface area contributed by atoms with Gasteiger partial charge in [0.1, 0.15) is 11.5 Å². The fourth-order valence-corrected chi connectivity index (χ4v) is 2.40. The lowest BCUT2D eigenvalue weighted by atomic mass is 10.1. The molecule has 1 unspecified atom stereocenters. The molecule has 0 aliphatic heterocycles. The number of rotatable bonds is 7. The van der Waals surface area contributed by atoms with Gasteiger partial charge in [0.25, 0.3) is 0 Å². The number of carbonyl (C=O) groups is 1. The van der Waals surface area contributed by atoms with E-state index in [0.29, 0.717) is 29.5 Å². The smallest absolute Gasteiger partial charge is 0.222 e. The van der Waals surface area contributed by atoms with Crippen LogP contribution in [-0.2, 0) is 11.3 Å². The first-order valence-electron chi connectivity index (χ1n) is 7.22. The van der Waals surface area contributed by atoms with Gasteiger partial charge in [-0.25, -0.2) is 0 Å². The molecule has 124 valence electrons. The number of amides is 1. The van der Waals surface area contributed by atoms with Crippen LogP contribution in [-0.4, -0.2) is 29.9 Å². The summed E-state index contributed by atoms with van der Waals surface area (Å²) in [6.45, 7) is 2.38. The van der Waals surface area contributed by atoms with E-state index in [4.69, 9.17) is 21.1 Å². The minimum Gasteiger partial charge on any atom is -0.497 e. The Kier molecular flexibility index (Phi) is 5.87. The molecule has 2 rings (SSSR count). The second kappa shape index (κ2) is 7.87. The average Bonchev–Trinajstić information content (AvgIpc) is 2.97. The van der Waals surface area contributed by atoms with Gasteiger partial charge in [0.05, 0.1) is 31.5 Å². The van der Waals surface area contributed by atoms with E-state index < -0.39 is 0 Å². The molecule has 0 bridgehead atoms. The maximum Gasteiger partial charge on any atom is 0.222 e. The molecule has 0 fully saturated rings. The number of methoxy groups -OCH3 is 2. The number of halogens is 1. The van der Waals surface area contributed by atoms with Crippen LogP contribution in [0, 0.1) is 0 Å². The summed E-state index contributed by atoms with van der Waals surface area (Å²) in [4.78, 5) is 12.1. The van der Waals surface area contributed by atoms with Gasteiger partial charge in [-0.3, -0.25) is 9.48 Å². The molecule has 0 aliphatic rings. The van der Waals surface area contributed by atoms with E-state index in [1.807, 2.05) is 25.1 Å². The first-order valence-corrected chi connectivity index (χ1v) is 7.60. The summed E-state index contributed by atoms with van der Waals surface area (Å²) in [6.07, 6.45) is 3.54. The van der Waals surface area contributed by atoms with Gasteiger partial charge in [-0.15, -0.1) is 0 Å². The molecule has 0 aliphatic carbocycles. The van der Waals surface area contributed by atoms with Crippen molar-refractivity contribution in [3.05, 3.63) is 41.2 Å². The van der Waals surface area contributed by atoms with Gasteiger partial charge >= 0.3 is 0 Å². The van der Waals surface area contributed by atoms with Gasteiger partial charge < -0.3 is 14.8 Å². The van der Waals surface area contributed by atoms with Crippen molar-refractivity contribution in [2.75, 3.05) is 14.2 Å². The van der Waals surface area contributed by atoms with Crippen LogP contribution in [0.2, 0.25) is 5.02 Å². The lowest BCUT2D eigenvalue weighted by Crippen LogP contribution is -2.27. The predicted octanol–water partition coefficient (Wildman–Crippen LogP) is 2.82. The Morgan fingerprint density at radius 2 is 2.17 bits per heavy atom. The third-order valence-electron chi connectivity index (χ3n) is 3.45. The molecule has 1 N–H and O–H groups in total. The number of aryl methyl sites for hydroxylation is 1. The minimum atomic E-state index is -0.200. The van der Waals surface area contributed by atoms with Crippen molar-refractivity contribution < 1.29 is 14.3 Å². The molecule has 0 radical (unpaired) electrons. The molecule has 2 aromatic rings. The number of nitrogens with zero attached hydrogens (tertiary/aromatic N) is 2. The number of hydrogen-bond donors (Lipinski definition) is 1. The van der Waals surface area contributed by atoms with E-state index in [9.17, 15) is 4.79 Å². The van der Waals surface area contributed by atoms with E-state index in [0.717, 1.165) is 5.56 Å². The molecule has 1 atom stereocenters. The molecule has 0 spiro atoms. The monoisotopic (exact) mass is 337 g/mol. The second-order valence-corrected chi connectivity index (χ2v) is 5.51. The molecule has 0 saturated carbocycles. The van der Waals surface area contributed by atoms with E-state index in [-0.39, 0.29) is 11.9 Å². The molecular weight excluding hydrogens is 318 g/mol. The predicted molar refractivity (Wildman–Crippen MR) is 88.0 cm³/mol. The van der Waals surface area contributed by atoms with Crippen LogP contribution in [0.15, 0.2) is 30.6 Å². The molecule has 1 amide bonds. The van der Waals surface area contributed by atoms with Crippen molar-refractivity contribution in [2.24, 2.45) is 0 Å². The zero-order chi connectivity index (χ0) is 16.8. The Balaban J connectivity index is 1.97. The summed E-state index contributed by atoms with van der Waals surface area (Å²) in [6, 6.07) is 5.30. The Morgan fingerprint density at radius 3 is 2.78 bits per heavy atom. The van der Waals surface area contributed by atoms with Gasteiger partial charge in [0, 0.05) is 24.7 Å². The van der Waals surface area contributed by atoms with Crippen LogP contribution in [0.3, 0.4) is 0 Å². The number of aromatic nitrogens is 2. The molecule has 1 aromatic heterocycles. The fraction of sp³-hybridized carbons (Fsp3) is 0.375. The molecule has 1 aromatic carbocycles. The Bertz CT molecular complexity index is 672. The maximum atomic E-state index is 12.1. The van der Waals surface area contributed by atoms with Crippen LogP contribution in [0.25, 0.3) is 0 Å². The van der Waals surface area contributed by atoms with Crippen LogP contribution >= 0.6 is 11.6 Å². The van der Waals surface area contributed by atoms with Crippen LogP contribution in [0.4, 0.5) is 0 Å². The first-order chi connectivity index (χ1) is 11.0. The van der Waals surface area contributed by atoms with Crippen molar-refractivity contribution in [2.45, 2.75) is 25.9 Å². The summed E-state index contributed by atoms with van der Waals surface area (Å²) >= 11 is 5.79. The van der Waals surface area contributed by atoms with E-state index in [2.05, 4.69) is 10.4 Å².